The smallest absolute Gasteiger partial charge is 0.151 e. The molecular weight excluding hydrogens is 328 g/mol. The van der Waals surface area contributed by atoms with Crippen LogP contribution in [0.4, 0.5) is 0 Å². The molecule has 0 amide bonds. The summed E-state index contributed by atoms with van der Waals surface area (Å²) in [4.78, 5) is 37.4. The van der Waals surface area contributed by atoms with E-state index in [1.54, 1.807) is 7.11 Å². The summed E-state index contributed by atoms with van der Waals surface area (Å²) < 4.78 is 5.11. The number of hydrogen-bond donors (Lipinski definition) is 0. The first kappa shape index (κ1) is 18.1. The fourth-order valence-electron chi connectivity index (χ4n) is 3.50. The Bertz CT molecular complexity index is 775. The van der Waals surface area contributed by atoms with Crippen molar-refractivity contribution in [1.82, 2.24) is 0 Å². The number of rotatable bonds is 6. The largest absolute Gasteiger partial charge is 0.497 e. The number of ketones is 3. The molecule has 0 unspecified atom stereocenters. The van der Waals surface area contributed by atoms with E-state index >= 15 is 0 Å². The van der Waals surface area contributed by atoms with Crippen LogP contribution in [0, 0.1) is 5.92 Å². The molecular formula is C22H22O4. The quantitative estimate of drug-likeness (QED) is 0.748. The SMILES string of the molecule is COc1ccc(CCC(=O)C2C(=O)CC(c3ccccc3)CC2=O)cc1. The number of Topliss-reactive ketones (excluding diaryl/α,β-unsaturated/α-hetero) is 3. The minimum Gasteiger partial charge on any atom is -0.497 e. The van der Waals surface area contributed by atoms with Crippen molar-refractivity contribution >= 4 is 17.3 Å². The second-order valence-corrected chi connectivity index (χ2v) is 6.70. The summed E-state index contributed by atoms with van der Waals surface area (Å²) in [7, 11) is 1.60. The molecule has 1 saturated carbocycles. The molecule has 0 heterocycles. The monoisotopic (exact) mass is 350 g/mol. The van der Waals surface area contributed by atoms with Gasteiger partial charge in [-0.3, -0.25) is 14.4 Å². The number of benzene rings is 2. The van der Waals surface area contributed by atoms with E-state index in [4.69, 9.17) is 4.74 Å². The van der Waals surface area contributed by atoms with Crippen LogP contribution in [-0.2, 0) is 20.8 Å². The third-order valence-corrected chi connectivity index (χ3v) is 4.95. The zero-order valence-corrected chi connectivity index (χ0v) is 14.8. The maximum atomic E-state index is 12.5. The molecule has 0 aliphatic heterocycles. The highest BCUT2D eigenvalue weighted by atomic mass is 16.5. The molecule has 0 spiro atoms. The lowest BCUT2D eigenvalue weighted by Gasteiger charge is -2.26. The van der Waals surface area contributed by atoms with Gasteiger partial charge in [0, 0.05) is 19.3 Å². The number of carbonyl (C=O) groups excluding carboxylic acids is 3. The lowest BCUT2D eigenvalue weighted by Crippen LogP contribution is -2.38. The van der Waals surface area contributed by atoms with E-state index in [2.05, 4.69) is 0 Å². The van der Waals surface area contributed by atoms with Gasteiger partial charge in [0.2, 0.25) is 0 Å². The van der Waals surface area contributed by atoms with Gasteiger partial charge < -0.3 is 4.74 Å². The Morgan fingerprint density at radius 2 is 1.58 bits per heavy atom. The lowest BCUT2D eigenvalue weighted by molar-refractivity contribution is -0.142. The normalized spacial score (nSPS) is 20.0. The van der Waals surface area contributed by atoms with E-state index in [-0.39, 0.29) is 42.5 Å². The zero-order valence-electron chi connectivity index (χ0n) is 14.8. The standard InChI is InChI=1S/C22H22O4/c1-26-18-10-7-15(8-11-18)9-12-19(23)22-20(24)13-17(14-21(22)25)16-5-3-2-4-6-16/h2-8,10-11,17,22H,9,12-14H2,1H3. The molecule has 0 atom stereocenters. The molecule has 1 aliphatic rings. The fourth-order valence-corrected chi connectivity index (χ4v) is 3.50. The minimum absolute atomic E-state index is 0.109. The first-order chi connectivity index (χ1) is 12.6. The van der Waals surface area contributed by atoms with Gasteiger partial charge in [-0.15, -0.1) is 0 Å². The molecule has 134 valence electrons. The molecule has 3 rings (SSSR count). The van der Waals surface area contributed by atoms with Gasteiger partial charge in [-0.2, -0.15) is 0 Å². The van der Waals surface area contributed by atoms with Crippen LogP contribution in [0.5, 0.6) is 5.75 Å². The summed E-state index contributed by atoms with van der Waals surface area (Å²) in [6.45, 7) is 0. The molecule has 0 saturated heterocycles. The Morgan fingerprint density at radius 3 is 2.15 bits per heavy atom. The maximum absolute atomic E-state index is 12.5. The number of carbonyl (C=O) groups is 3. The van der Waals surface area contributed by atoms with E-state index in [1.807, 2.05) is 54.6 Å². The molecule has 0 bridgehead atoms. The summed E-state index contributed by atoms with van der Waals surface area (Å²) in [5, 5.41) is 0. The Kier molecular flexibility index (Phi) is 5.61. The number of hydrogen-bond acceptors (Lipinski definition) is 4. The van der Waals surface area contributed by atoms with E-state index < -0.39 is 5.92 Å². The lowest BCUT2D eigenvalue weighted by atomic mass is 9.74. The molecule has 0 aromatic heterocycles. The maximum Gasteiger partial charge on any atom is 0.151 e. The first-order valence-corrected chi connectivity index (χ1v) is 8.84. The summed E-state index contributed by atoms with van der Waals surface area (Å²) in [6.07, 6.45) is 1.23. The molecule has 2 aromatic carbocycles. The summed E-state index contributed by atoms with van der Waals surface area (Å²) >= 11 is 0. The van der Waals surface area contributed by atoms with Gasteiger partial charge in [-0.05, 0) is 35.6 Å². The Labute approximate surface area is 153 Å². The average Bonchev–Trinajstić information content (AvgIpc) is 2.67. The Morgan fingerprint density at radius 1 is 0.962 bits per heavy atom. The van der Waals surface area contributed by atoms with Crippen molar-refractivity contribution in [2.24, 2.45) is 5.92 Å². The molecule has 4 heteroatoms. The van der Waals surface area contributed by atoms with Crippen molar-refractivity contribution < 1.29 is 19.1 Å². The van der Waals surface area contributed by atoms with Crippen LogP contribution >= 0.6 is 0 Å². The molecule has 1 aliphatic carbocycles. The molecule has 0 radical (unpaired) electrons. The molecule has 0 N–H and O–H groups in total. The van der Waals surface area contributed by atoms with Gasteiger partial charge in [-0.25, -0.2) is 0 Å². The Hall–Kier alpha value is -2.75. The first-order valence-electron chi connectivity index (χ1n) is 8.84. The van der Waals surface area contributed by atoms with Crippen LogP contribution in [0.2, 0.25) is 0 Å². The van der Waals surface area contributed by atoms with E-state index in [0.29, 0.717) is 6.42 Å². The van der Waals surface area contributed by atoms with E-state index in [0.717, 1.165) is 16.9 Å². The van der Waals surface area contributed by atoms with E-state index in [9.17, 15) is 14.4 Å². The van der Waals surface area contributed by atoms with Gasteiger partial charge in [0.15, 0.2) is 17.3 Å². The summed E-state index contributed by atoms with van der Waals surface area (Å²) in [5.41, 5.74) is 1.97. The van der Waals surface area contributed by atoms with Crippen molar-refractivity contribution in [3.8, 4) is 5.75 Å². The van der Waals surface area contributed by atoms with Crippen LogP contribution in [0.3, 0.4) is 0 Å². The summed E-state index contributed by atoms with van der Waals surface area (Å²) in [6, 6.07) is 17.0. The minimum atomic E-state index is -1.08. The van der Waals surface area contributed by atoms with Gasteiger partial charge in [-0.1, -0.05) is 42.5 Å². The van der Waals surface area contributed by atoms with Crippen LogP contribution in [0.15, 0.2) is 54.6 Å². The van der Waals surface area contributed by atoms with Gasteiger partial charge in [0.25, 0.3) is 0 Å². The molecule has 1 fully saturated rings. The van der Waals surface area contributed by atoms with Crippen LogP contribution in [0.1, 0.15) is 36.3 Å². The topological polar surface area (TPSA) is 60.4 Å². The molecule has 4 nitrogen and oxygen atoms in total. The number of ether oxygens (including phenoxy) is 1. The third-order valence-electron chi connectivity index (χ3n) is 4.95. The second-order valence-electron chi connectivity index (χ2n) is 6.70. The van der Waals surface area contributed by atoms with Gasteiger partial charge in [0.05, 0.1) is 7.11 Å². The second kappa shape index (κ2) is 8.09. The predicted octanol–water partition coefficient (Wildman–Crippen LogP) is 3.53. The van der Waals surface area contributed by atoms with Crippen LogP contribution < -0.4 is 4.74 Å². The highest BCUT2D eigenvalue weighted by Crippen LogP contribution is 2.32. The van der Waals surface area contributed by atoms with Crippen LogP contribution in [-0.4, -0.2) is 24.5 Å². The zero-order chi connectivity index (χ0) is 18.5. The highest BCUT2D eigenvalue weighted by Gasteiger charge is 2.39. The number of methoxy groups -OCH3 is 1. The average molecular weight is 350 g/mol. The van der Waals surface area contributed by atoms with Crippen molar-refractivity contribution in [2.75, 3.05) is 7.11 Å². The third kappa shape index (κ3) is 4.07. The molecule has 26 heavy (non-hydrogen) atoms. The Balaban J connectivity index is 1.61. The summed E-state index contributed by atoms with van der Waals surface area (Å²) in [5.74, 6) is -1.17. The number of aryl methyl sites for hydroxylation is 1. The van der Waals surface area contributed by atoms with Gasteiger partial charge in [0.1, 0.15) is 11.7 Å². The van der Waals surface area contributed by atoms with Gasteiger partial charge >= 0.3 is 0 Å². The van der Waals surface area contributed by atoms with Crippen molar-refractivity contribution in [1.29, 1.82) is 0 Å². The highest BCUT2D eigenvalue weighted by molar-refractivity contribution is 6.21. The van der Waals surface area contributed by atoms with Crippen LogP contribution in [0.25, 0.3) is 0 Å². The predicted molar refractivity (Wildman–Crippen MR) is 98.2 cm³/mol. The molecule has 2 aromatic rings. The van der Waals surface area contributed by atoms with Crippen molar-refractivity contribution in [3.63, 3.8) is 0 Å². The van der Waals surface area contributed by atoms with E-state index in [1.165, 1.54) is 0 Å². The van der Waals surface area contributed by atoms with Crippen molar-refractivity contribution in [3.05, 3.63) is 65.7 Å². The fraction of sp³-hybridized carbons (Fsp3) is 0.318. The van der Waals surface area contributed by atoms with Crippen molar-refractivity contribution in [2.45, 2.75) is 31.6 Å².